The Labute approximate surface area is 134 Å². The van der Waals surface area contributed by atoms with Crippen molar-refractivity contribution in [2.24, 2.45) is 0 Å². The molecular weight excluding hydrogens is 298 g/mol. The molecule has 1 aromatic heterocycles. The van der Waals surface area contributed by atoms with Crippen LogP contribution in [0.5, 0.6) is 0 Å². The van der Waals surface area contributed by atoms with E-state index in [1.807, 2.05) is 18.2 Å². The third-order valence-corrected chi connectivity index (χ3v) is 4.23. The molecule has 0 bridgehead atoms. The van der Waals surface area contributed by atoms with E-state index in [1.165, 1.54) is 0 Å². The van der Waals surface area contributed by atoms with E-state index in [4.69, 9.17) is 16.9 Å². The summed E-state index contributed by atoms with van der Waals surface area (Å²) in [5.74, 6) is 0.922. The van der Waals surface area contributed by atoms with Crippen LogP contribution in [0.3, 0.4) is 0 Å². The van der Waals surface area contributed by atoms with Crippen molar-refractivity contribution in [1.82, 2.24) is 9.97 Å². The van der Waals surface area contributed by atoms with Crippen molar-refractivity contribution < 1.29 is 0 Å². The largest absolute Gasteiger partial charge is 0.369 e. The highest BCUT2D eigenvalue weighted by Crippen LogP contribution is 2.27. The number of likely N-dealkylation sites (N-methyl/N-ethyl adjacent to an activating group) is 1. The summed E-state index contributed by atoms with van der Waals surface area (Å²) in [4.78, 5) is 12.7. The SMILES string of the molecule is CN(c1ccncn1)C1CCN(c2cc(Cl)cc(C#N)c2)C1. The number of nitriles is 1. The van der Waals surface area contributed by atoms with Gasteiger partial charge in [-0.05, 0) is 30.7 Å². The molecule has 0 aliphatic carbocycles. The minimum Gasteiger partial charge on any atom is -0.369 e. The van der Waals surface area contributed by atoms with Gasteiger partial charge in [0.2, 0.25) is 0 Å². The molecule has 2 heterocycles. The number of aromatic nitrogens is 2. The van der Waals surface area contributed by atoms with Crippen molar-refractivity contribution in [3.8, 4) is 6.07 Å². The van der Waals surface area contributed by atoms with E-state index in [9.17, 15) is 0 Å². The van der Waals surface area contributed by atoms with Gasteiger partial charge in [-0.15, -0.1) is 0 Å². The molecule has 1 aliphatic rings. The van der Waals surface area contributed by atoms with Gasteiger partial charge in [0.1, 0.15) is 12.1 Å². The van der Waals surface area contributed by atoms with E-state index in [1.54, 1.807) is 18.6 Å². The number of nitrogens with zero attached hydrogens (tertiary/aromatic N) is 5. The summed E-state index contributed by atoms with van der Waals surface area (Å²) in [5.41, 5.74) is 1.60. The zero-order chi connectivity index (χ0) is 15.5. The predicted octanol–water partition coefficient (Wildman–Crippen LogP) is 2.72. The van der Waals surface area contributed by atoms with Crippen LogP contribution in [0, 0.1) is 11.3 Å². The molecule has 3 rings (SSSR count). The molecule has 1 aliphatic heterocycles. The first-order valence-corrected chi connectivity index (χ1v) is 7.49. The van der Waals surface area contributed by atoms with Crippen molar-refractivity contribution in [2.75, 3.05) is 29.9 Å². The summed E-state index contributed by atoms with van der Waals surface area (Å²) in [5, 5.41) is 9.67. The second kappa shape index (κ2) is 6.20. The van der Waals surface area contributed by atoms with E-state index < -0.39 is 0 Å². The zero-order valence-corrected chi connectivity index (χ0v) is 13.0. The lowest BCUT2D eigenvalue weighted by Gasteiger charge is -2.26. The molecule has 6 heteroatoms. The molecule has 0 N–H and O–H groups in total. The van der Waals surface area contributed by atoms with Crippen molar-refractivity contribution in [3.63, 3.8) is 0 Å². The topological polar surface area (TPSA) is 56.1 Å². The lowest BCUT2D eigenvalue weighted by Crippen LogP contribution is -2.35. The number of anilines is 2. The summed E-state index contributed by atoms with van der Waals surface area (Å²) >= 11 is 6.10. The fraction of sp³-hybridized carbons (Fsp3) is 0.312. The van der Waals surface area contributed by atoms with Crippen molar-refractivity contribution in [2.45, 2.75) is 12.5 Å². The molecule has 1 aromatic carbocycles. The fourth-order valence-electron chi connectivity index (χ4n) is 2.79. The first-order valence-electron chi connectivity index (χ1n) is 7.12. The molecule has 2 aromatic rings. The van der Waals surface area contributed by atoms with Crippen molar-refractivity contribution in [3.05, 3.63) is 47.4 Å². The first kappa shape index (κ1) is 14.6. The monoisotopic (exact) mass is 313 g/mol. The van der Waals surface area contributed by atoms with E-state index in [-0.39, 0.29) is 0 Å². The van der Waals surface area contributed by atoms with Crippen molar-refractivity contribution in [1.29, 1.82) is 5.26 Å². The fourth-order valence-corrected chi connectivity index (χ4v) is 3.02. The van der Waals surface area contributed by atoms with Crippen LogP contribution in [0.15, 0.2) is 36.8 Å². The predicted molar refractivity (Wildman–Crippen MR) is 87.2 cm³/mol. The minimum atomic E-state index is 0.374. The maximum absolute atomic E-state index is 9.07. The Morgan fingerprint density at radius 2 is 2.27 bits per heavy atom. The zero-order valence-electron chi connectivity index (χ0n) is 12.3. The van der Waals surface area contributed by atoms with Gasteiger partial charge < -0.3 is 9.80 Å². The van der Waals surface area contributed by atoms with Gasteiger partial charge >= 0.3 is 0 Å². The highest BCUT2D eigenvalue weighted by molar-refractivity contribution is 6.31. The Kier molecular flexibility index (Phi) is 4.12. The van der Waals surface area contributed by atoms with Gasteiger partial charge in [0.05, 0.1) is 11.6 Å². The van der Waals surface area contributed by atoms with Crippen LogP contribution in [-0.2, 0) is 0 Å². The van der Waals surface area contributed by atoms with Gasteiger partial charge in [0, 0.05) is 43.1 Å². The van der Waals surface area contributed by atoms with E-state index in [0.29, 0.717) is 16.6 Å². The molecule has 1 unspecified atom stereocenters. The number of halogens is 1. The van der Waals surface area contributed by atoms with Gasteiger partial charge in [0.25, 0.3) is 0 Å². The molecule has 0 spiro atoms. The van der Waals surface area contributed by atoms with Crippen LogP contribution >= 0.6 is 11.6 Å². The highest BCUT2D eigenvalue weighted by Gasteiger charge is 2.27. The average Bonchev–Trinajstić information content (AvgIpc) is 3.04. The quantitative estimate of drug-likeness (QED) is 0.872. The van der Waals surface area contributed by atoms with E-state index in [0.717, 1.165) is 31.0 Å². The Morgan fingerprint density at radius 3 is 3.00 bits per heavy atom. The normalized spacial score (nSPS) is 17.3. The van der Waals surface area contributed by atoms with E-state index in [2.05, 4.69) is 32.9 Å². The summed E-state index contributed by atoms with van der Waals surface area (Å²) < 4.78 is 0. The highest BCUT2D eigenvalue weighted by atomic mass is 35.5. The molecule has 1 fully saturated rings. The van der Waals surface area contributed by atoms with Crippen molar-refractivity contribution >= 4 is 23.1 Å². The molecule has 1 saturated heterocycles. The lowest BCUT2D eigenvalue weighted by molar-refractivity contribution is 0.683. The van der Waals surface area contributed by atoms with Gasteiger partial charge in [-0.1, -0.05) is 11.6 Å². The van der Waals surface area contributed by atoms with E-state index >= 15 is 0 Å². The second-order valence-electron chi connectivity index (χ2n) is 5.38. The Morgan fingerprint density at radius 1 is 1.41 bits per heavy atom. The van der Waals surface area contributed by atoms with Crippen LogP contribution in [0.1, 0.15) is 12.0 Å². The van der Waals surface area contributed by atoms with Crippen LogP contribution in [0.25, 0.3) is 0 Å². The molecule has 112 valence electrons. The summed E-state index contributed by atoms with van der Waals surface area (Å²) in [6.45, 7) is 1.82. The van der Waals surface area contributed by atoms with Crippen LogP contribution in [-0.4, -0.2) is 36.1 Å². The lowest BCUT2D eigenvalue weighted by atomic mass is 10.2. The summed E-state index contributed by atoms with van der Waals surface area (Å²) in [6, 6.07) is 9.93. The number of rotatable bonds is 3. The third-order valence-electron chi connectivity index (χ3n) is 4.02. The first-order chi connectivity index (χ1) is 10.7. The molecule has 0 amide bonds. The smallest absolute Gasteiger partial charge is 0.131 e. The Bertz CT molecular complexity index is 697. The maximum Gasteiger partial charge on any atom is 0.131 e. The Hall–Kier alpha value is -2.32. The molecule has 0 radical (unpaired) electrons. The van der Waals surface area contributed by atoms with Gasteiger partial charge in [-0.2, -0.15) is 5.26 Å². The van der Waals surface area contributed by atoms with Gasteiger partial charge in [-0.3, -0.25) is 0 Å². The average molecular weight is 314 g/mol. The van der Waals surface area contributed by atoms with Crippen LogP contribution < -0.4 is 9.80 Å². The number of benzene rings is 1. The van der Waals surface area contributed by atoms with Gasteiger partial charge in [0.15, 0.2) is 0 Å². The molecule has 22 heavy (non-hydrogen) atoms. The molecular formula is C16H16ClN5. The maximum atomic E-state index is 9.07. The summed E-state index contributed by atoms with van der Waals surface area (Å²) in [6.07, 6.45) is 4.35. The molecule has 1 atom stereocenters. The third kappa shape index (κ3) is 2.97. The minimum absolute atomic E-state index is 0.374. The van der Waals surface area contributed by atoms with Crippen LogP contribution in [0.2, 0.25) is 5.02 Å². The van der Waals surface area contributed by atoms with Gasteiger partial charge in [-0.25, -0.2) is 9.97 Å². The summed E-state index contributed by atoms with van der Waals surface area (Å²) in [7, 11) is 2.05. The second-order valence-corrected chi connectivity index (χ2v) is 5.81. The number of hydrogen-bond donors (Lipinski definition) is 0. The number of hydrogen-bond acceptors (Lipinski definition) is 5. The Balaban J connectivity index is 1.75. The standard InChI is InChI=1S/C16H16ClN5/c1-21(16-2-4-19-11-20-16)14-3-5-22(10-14)15-7-12(9-18)6-13(17)8-15/h2,4,6-8,11,14H,3,5,10H2,1H3. The molecule has 5 nitrogen and oxygen atoms in total. The molecule has 0 saturated carbocycles. The van der Waals surface area contributed by atoms with Crippen LogP contribution in [0.4, 0.5) is 11.5 Å².